The van der Waals surface area contributed by atoms with E-state index in [0.29, 0.717) is 39.2 Å². The van der Waals surface area contributed by atoms with Crippen molar-refractivity contribution in [1.29, 1.82) is 5.26 Å². The molecule has 0 bridgehead atoms. The summed E-state index contributed by atoms with van der Waals surface area (Å²) in [6, 6.07) is 1.91. The van der Waals surface area contributed by atoms with Gasteiger partial charge in [0, 0.05) is 26.2 Å². The molecule has 0 aromatic carbocycles. The van der Waals surface area contributed by atoms with Crippen molar-refractivity contribution < 1.29 is 19.1 Å². The van der Waals surface area contributed by atoms with Gasteiger partial charge in [0.05, 0.1) is 6.61 Å². The Bertz CT molecular complexity index is 585. The molecule has 2 rings (SSSR count). The first-order valence-electron chi connectivity index (χ1n) is 7.69. The minimum atomic E-state index is -0.797. The number of hydrogen-bond donors (Lipinski definition) is 1. The molecule has 1 N–H and O–H groups in total. The van der Waals surface area contributed by atoms with E-state index in [0.717, 1.165) is 0 Å². The van der Waals surface area contributed by atoms with Crippen LogP contribution in [-0.4, -0.2) is 60.4 Å². The third-order valence-corrected chi connectivity index (χ3v) is 4.00. The number of rotatable bonds is 3. The summed E-state index contributed by atoms with van der Waals surface area (Å²) >= 11 is 0. The molecule has 1 saturated heterocycles. The number of nitrogens with one attached hydrogen (secondary N) is 1. The van der Waals surface area contributed by atoms with Gasteiger partial charge in [0.25, 0.3) is 0 Å². The molecule has 2 amide bonds. The molecule has 0 radical (unpaired) electrons. The molecule has 124 valence electrons. The Labute approximate surface area is 134 Å². The predicted octanol–water partition coefficient (Wildman–Crippen LogP) is 0.221. The van der Waals surface area contributed by atoms with E-state index >= 15 is 0 Å². The van der Waals surface area contributed by atoms with Crippen LogP contribution in [0.4, 0.5) is 4.79 Å². The SMILES string of the molecule is CCOC(=O)N1CCN(C2=C(C#N)C(=O)C(CC)C(=O)N2)CC1. The summed E-state index contributed by atoms with van der Waals surface area (Å²) in [5, 5.41) is 12.0. The van der Waals surface area contributed by atoms with E-state index in [2.05, 4.69) is 5.32 Å². The second-order valence-corrected chi connectivity index (χ2v) is 5.32. The Kier molecular flexibility index (Phi) is 5.21. The molecule has 2 aliphatic heterocycles. The van der Waals surface area contributed by atoms with Gasteiger partial charge in [-0.15, -0.1) is 0 Å². The normalized spacial score (nSPS) is 21.9. The molecule has 1 unspecified atom stereocenters. The van der Waals surface area contributed by atoms with Gasteiger partial charge >= 0.3 is 6.09 Å². The zero-order valence-corrected chi connectivity index (χ0v) is 13.3. The van der Waals surface area contributed by atoms with Crippen LogP contribution >= 0.6 is 0 Å². The maximum atomic E-state index is 12.3. The van der Waals surface area contributed by atoms with Crippen LogP contribution in [0.1, 0.15) is 20.3 Å². The summed E-state index contributed by atoms with van der Waals surface area (Å²) < 4.78 is 4.95. The maximum Gasteiger partial charge on any atom is 0.409 e. The molecule has 2 heterocycles. The van der Waals surface area contributed by atoms with Gasteiger partial charge in [-0.1, -0.05) is 6.92 Å². The van der Waals surface area contributed by atoms with Gasteiger partial charge in [-0.05, 0) is 13.3 Å². The molecular formula is C15H20N4O4. The first kappa shape index (κ1) is 16.8. The quantitative estimate of drug-likeness (QED) is 0.746. The Morgan fingerprint density at radius 1 is 1.30 bits per heavy atom. The molecule has 0 aromatic heterocycles. The number of carbonyl (C=O) groups is 3. The average Bonchev–Trinajstić information content (AvgIpc) is 2.55. The summed E-state index contributed by atoms with van der Waals surface area (Å²) in [4.78, 5) is 39.3. The number of piperazine rings is 1. The largest absolute Gasteiger partial charge is 0.450 e. The highest BCUT2D eigenvalue weighted by molar-refractivity contribution is 6.14. The standard InChI is InChI=1S/C15H20N4O4/c1-3-10-12(20)11(9-16)13(17-14(10)21)18-5-7-19(8-6-18)15(22)23-4-2/h10H,3-8H2,1-2H3,(H,17,21). The van der Waals surface area contributed by atoms with Crippen LogP contribution < -0.4 is 5.32 Å². The zero-order chi connectivity index (χ0) is 17.0. The number of amides is 2. The van der Waals surface area contributed by atoms with Crippen LogP contribution in [0.2, 0.25) is 0 Å². The monoisotopic (exact) mass is 320 g/mol. The van der Waals surface area contributed by atoms with E-state index in [4.69, 9.17) is 4.74 Å². The van der Waals surface area contributed by atoms with Crippen molar-refractivity contribution in [1.82, 2.24) is 15.1 Å². The van der Waals surface area contributed by atoms with Crippen molar-refractivity contribution in [2.24, 2.45) is 5.92 Å². The van der Waals surface area contributed by atoms with E-state index in [1.165, 1.54) is 0 Å². The average molecular weight is 320 g/mol. The van der Waals surface area contributed by atoms with Gasteiger partial charge < -0.3 is 19.9 Å². The summed E-state index contributed by atoms with van der Waals surface area (Å²) in [5.41, 5.74) is -0.0129. The van der Waals surface area contributed by atoms with E-state index in [1.807, 2.05) is 6.07 Å². The number of hydrogen-bond acceptors (Lipinski definition) is 6. The lowest BCUT2D eigenvalue weighted by molar-refractivity contribution is -0.133. The number of nitriles is 1. The molecule has 8 heteroatoms. The summed E-state index contributed by atoms with van der Waals surface area (Å²) in [6.07, 6.45) is -0.0174. The lowest BCUT2D eigenvalue weighted by atomic mass is 9.91. The Hall–Kier alpha value is -2.56. The van der Waals surface area contributed by atoms with Crippen LogP contribution in [0.5, 0.6) is 0 Å². The molecular weight excluding hydrogens is 300 g/mol. The highest BCUT2D eigenvalue weighted by atomic mass is 16.6. The third-order valence-electron chi connectivity index (χ3n) is 4.00. The van der Waals surface area contributed by atoms with Crippen molar-refractivity contribution in [3.05, 3.63) is 11.4 Å². The second kappa shape index (κ2) is 7.13. The lowest BCUT2D eigenvalue weighted by Gasteiger charge is -2.38. The van der Waals surface area contributed by atoms with Crippen LogP contribution in [0.15, 0.2) is 11.4 Å². The summed E-state index contributed by atoms with van der Waals surface area (Å²) in [5.74, 6) is -1.34. The van der Waals surface area contributed by atoms with Crippen molar-refractivity contribution >= 4 is 17.8 Å². The first-order valence-corrected chi connectivity index (χ1v) is 7.69. The number of nitrogens with zero attached hydrogens (tertiary/aromatic N) is 3. The minimum absolute atomic E-state index is 0.0129. The number of ether oxygens (including phenoxy) is 1. The van der Waals surface area contributed by atoms with Gasteiger partial charge in [0.15, 0.2) is 5.78 Å². The van der Waals surface area contributed by atoms with Gasteiger partial charge in [0.1, 0.15) is 23.4 Å². The second-order valence-electron chi connectivity index (χ2n) is 5.32. The summed E-state index contributed by atoms with van der Waals surface area (Å²) in [6.45, 7) is 5.44. The number of carbonyl (C=O) groups excluding carboxylic acids is 3. The van der Waals surface area contributed by atoms with E-state index in [1.54, 1.807) is 23.6 Å². The molecule has 23 heavy (non-hydrogen) atoms. The minimum Gasteiger partial charge on any atom is -0.450 e. The Morgan fingerprint density at radius 2 is 1.96 bits per heavy atom. The molecule has 1 fully saturated rings. The van der Waals surface area contributed by atoms with Crippen LogP contribution in [0.25, 0.3) is 0 Å². The maximum absolute atomic E-state index is 12.3. The molecule has 2 aliphatic rings. The summed E-state index contributed by atoms with van der Waals surface area (Å²) in [7, 11) is 0. The van der Waals surface area contributed by atoms with Gasteiger partial charge in [0.2, 0.25) is 5.91 Å². The van der Waals surface area contributed by atoms with Crippen molar-refractivity contribution in [2.45, 2.75) is 20.3 Å². The Morgan fingerprint density at radius 3 is 2.48 bits per heavy atom. The van der Waals surface area contributed by atoms with Crippen molar-refractivity contribution in [3.8, 4) is 6.07 Å². The van der Waals surface area contributed by atoms with Crippen LogP contribution in [0.3, 0.4) is 0 Å². The number of Topliss-reactive ketones (excluding diaryl/α,β-unsaturated/α-hetero) is 1. The van der Waals surface area contributed by atoms with Gasteiger partial charge in [-0.3, -0.25) is 9.59 Å². The Balaban J connectivity index is 2.13. The van der Waals surface area contributed by atoms with Gasteiger partial charge in [-0.2, -0.15) is 5.26 Å². The molecule has 1 atom stereocenters. The highest BCUT2D eigenvalue weighted by Gasteiger charge is 2.37. The number of allylic oxidation sites excluding steroid dienone is 1. The first-order chi connectivity index (χ1) is 11.0. The van der Waals surface area contributed by atoms with Crippen LogP contribution in [-0.2, 0) is 14.3 Å². The van der Waals surface area contributed by atoms with E-state index in [-0.39, 0.29) is 23.4 Å². The number of ketones is 1. The molecule has 0 aromatic rings. The van der Waals surface area contributed by atoms with Crippen LogP contribution in [0, 0.1) is 17.2 Å². The lowest BCUT2D eigenvalue weighted by Crippen LogP contribution is -2.53. The molecule has 0 saturated carbocycles. The van der Waals surface area contributed by atoms with E-state index in [9.17, 15) is 19.6 Å². The topological polar surface area (TPSA) is 103 Å². The fourth-order valence-electron chi connectivity index (χ4n) is 2.72. The molecule has 0 spiro atoms. The third kappa shape index (κ3) is 3.28. The zero-order valence-electron chi connectivity index (χ0n) is 13.3. The predicted molar refractivity (Wildman–Crippen MR) is 79.7 cm³/mol. The fraction of sp³-hybridized carbons (Fsp3) is 0.600. The smallest absolute Gasteiger partial charge is 0.409 e. The fourth-order valence-corrected chi connectivity index (χ4v) is 2.72. The van der Waals surface area contributed by atoms with Crippen molar-refractivity contribution in [2.75, 3.05) is 32.8 Å². The molecule has 8 nitrogen and oxygen atoms in total. The van der Waals surface area contributed by atoms with E-state index < -0.39 is 11.7 Å². The van der Waals surface area contributed by atoms with Gasteiger partial charge in [-0.25, -0.2) is 4.79 Å². The molecule has 0 aliphatic carbocycles. The van der Waals surface area contributed by atoms with Crippen molar-refractivity contribution in [3.63, 3.8) is 0 Å². The highest BCUT2D eigenvalue weighted by Crippen LogP contribution is 2.22.